The summed E-state index contributed by atoms with van der Waals surface area (Å²) in [7, 11) is 0. The van der Waals surface area contributed by atoms with Gasteiger partial charge in [-0.05, 0) is 36.1 Å². The van der Waals surface area contributed by atoms with Crippen LogP contribution in [0.1, 0.15) is 35.3 Å². The highest BCUT2D eigenvalue weighted by molar-refractivity contribution is 6.00. The van der Waals surface area contributed by atoms with Gasteiger partial charge in [-0.2, -0.15) is 0 Å². The molecule has 0 spiro atoms. The minimum Gasteiger partial charge on any atom is -0.343 e. The average Bonchev–Trinajstić information content (AvgIpc) is 2.60. The van der Waals surface area contributed by atoms with Crippen molar-refractivity contribution in [2.75, 3.05) is 11.9 Å². The summed E-state index contributed by atoms with van der Waals surface area (Å²) in [6.45, 7) is 3.82. The highest BCUT2D eigenvalue weighted by Gasteiger charge is 2.14. The van der Waals surface area contributed by atoms with Crippen LogP contribution < -0.4 is 10.6 Å². The summed E-state index contributed by atoms with van der Waals surface area (Å²) in [6.07, 6.45) is 1.59. The third kappa shape index (κ3) is 4.19. The van der Waals surface area contributed by atoms with Crippen molar-refractivity contribution in [1.82, 2.24) is 5.32 Å². The first-order valence-corrected chi connectivity index (χ1v) is 8.00. The Balaban J connectivity index is 2.02. The number of amides is 2. The number of anilines is 1. The molecule has 0 aliphatic rings. The van der Waals surface area contributed by atoms with E-state index < -0.39 is 11.7 Å². The number of benzene rings is 2. The maximum Gasteiger partial charge on any atom is 0.254 e. The van der Waals surface area contributed by atoms with Crippen LogP contribution in [0.25, 0.3) is 0 Å². The van der Waals surface area contributed by atoms with Gasteiger partial charge in [0.25, 0.3) is 5.91 Å². The molecule has 2 aromatic carbocycles. The first-order valence-electron chi connectivity index (χ1n) is 8.00. The smallest absolute Gasteiger partial charge is 0.254 e. The molecular weight excluding hydrogens is 307 g/mol. The van der Waals surface area contributed by atoms with Gasteiger partial charge in [0.1, 0.15) is 5.82 Å². The largest absolute Gasteiger partial charge is 0.343 e. The molecule has 5 heteroatoms. The van der Waals surface area contributed by atoms with Crippen LogP contribution in [0.2, 0.25) is 0 Å². The second-order valence-electron chi connectivity index (χ2n) is 5.37. The molecule has 0 saturated carbocycles. The summed E-state index contributed by atoms with van der Waals surface area (Å²) in [5.74, 6) is -1.56. The van der Waals surface area contributed by atoms with Crippen molar-refractivity contribution in [3.8, 4) is 0 Å². The number of hydrogen-bond acceptors (Lipinski definition) is 2. The van der Waals surface area contributed by atoms with Gasteiger partial charge in [0.05, 0.1) is 12.1 Å². The molecule has 0 unspecified atom stereocenters. The number of nitrogens with one attached hydrogen (secondary N) is 2. The Kier molecular flexibility index (Phi) is 6.07. The first kappa shape index (κ1) is 17.7. The zero-order chi connectivity index (χ0) is 17.5. The molecule has 2 rings (SSSR count). The number of aryl methyl sites for hydroxylation is 2. The molecule has 0 heterocycles. The van der Waals surface area contributed by atoms with E-state index in [9.17, 15) is 14.0 Å². The number of halogens is 1. The number of para-hydroxylation sites is 1. The van der Waals surface area contributed by atoms with Gasteiger partial charge in [0.2, 0.25) is 5.91 Å². The third-order valence-corrected chi connectivity index (χ3v) is 3.79. The molecule has 2 aromatic rings. The topological polar surface area (TPSA) is 58.2 Å². The van der Waals surface area contributed by atoms with Gasteiger partial charge < -0.3 is 10.6 Å². The number of carbonyl (C=O) groups excluding carboxylic acids is 2. The monoisotopic (exact) mass is 328 g/mol. The fourth-order valence-electron chi connectivity index (χ4n) is 2.49. The van der Waals surface area contributed by atoms with E-state index in [-0.39, 0.29) is 18.0 Å². The Morgan fingerprint density at radius 1 is 0.958 bits per heavy atom. The van der Waals surface area contributed by atoms with Crippen molar-refractivity contribution in [1.29, 1.82) is 0 Å². The van der Waals surface area contributed by atoms with Crippen molar-refractivity contribution in [3.63, 3.8) is 0 Å². The van der Waals surface area contributed by atoms with Gasteiger partial charge in [0.15, 0.2) is 0 Å². The van der Waals surface area contributed by atoms with Crippen LogP contribution in [0.5, 0.6) is 0 Å². The Bertz CT molecular complexity index is 722. The fourth-order valence-corrected chi connectivity index (χ4v) is 2.49. The van der Waals surface area contributed by atoms with Crippen molar-refractivity contribution in [3.05, 3.63) is 65.0 Å². The maximum atomic E-state index is 13.5. The molecule has 0 radical (unpaired) electrons. The lowest BCUT2D eigenvalue weighted by Crippen LogP contribution is -2.33. The predicted octanol–water partition coefficient (Wildman–Crippen LogP) is 3.32. The molecule has 2 amide bonds. The molecular formula is C19H21FN2O2. The molecule has 0 aliphatic carbocycles. The molecule has 0 atom stereocenters. The second-order valence-corrected chi connectivity index (χ2v) is 5.37. The standard InChI is InChI=1S/C19H21FN2O2/c1-3-13-8-7-9-14(4-2)18(13)22-17(23)12-21-19(24)15-10-5-6-11-16(15)20/h5-11H,3-4,12H2,1-2H3,(H,21,24)(H,22,23). The lowest BCUT2D eigenvalue weighted by molar-refractivity contribution is -0.115. The van der Waals surface area contributed by atoms with E-state index in [4.69, 9.17) is 0 Å². The molecule has 126 valence electrons. The molecule has 0 bridgehead atoms. The highest BCUT2D eigenvalue weighted by atomic mass is 19.1. The predicted molar refractivity (Wildman–Crippen MR) is 92.6 cm³/mol. The van der Waals surface area contributed by atoms with Gasteiger partial charge in [-0.1, -0.05) is 44.2 Å². The molecule has 2 N–H and O–H groups in total. The van der Waals surface area contributed by atoms with Crippen LogP contribution in [0.4, 0.5) is 10.1 Å². The lowest BCUT2D eigenvalue weighted by atomic mass is 10.0. The van der Waals surface area contributed by atoms with E-state index in [2.05, 4.69) is 10.6 Å². The van der Waals surface area contributed by atoms with Gasteiger partial charge >= 0.3 is 0 Å². The quantitative estimate of drug-likeness (QED) is 0.854. The molecule has 4 nitrogen and oxygen atoms in total. The summed E-state index contributed by atoms with van der Waals surface area (Å²) in [6, 6.07) is 11.6. The molecule has 0 fully saturated rings. The highest BCUT2D eigenvalue weighted by Crippen LogP contribution is 2.22. The summed E-state index contributed by atoms with van der Waals surface area (Å²) in [5.41, 5.74) is 2.81. The van der Waals surface area contributed by atoms with Crippen LogP contribution in [0.15, 0.2) is 42.5 Å². The van der Waals surface area contributed by atoms with Gasteiger partial charge in [-0.3, -0.25) is 9.59 Å². The van der Waals surface area contributed by atoms with Crippen molar-refractivity contribution in [2.24, 2.45) is 0 Å². The van der Waals surface area contributed by atoms with Crippen LogP contribution in [-0.2, 0) is 17.6 Å². The normalized spacial score (nSPS) is 10.3. The number of carbonyl (C=O) groups is 2. The van der Waals surface area contributed by atoms with Crippen molar-refractivity contribution >= 4 is 17.5 Å². The van der Waals surface area contributed by atoms with E-state index in [1.54, 1.807) is 6.07 Å². The molecule has 0 saturated heterocycles. The summed E-state index contributed by atoms with van der Waals surface area (Å²) >= 11 is 0. The van der Waals surface area contributed by atoms with Gasteiger partial charge in [0, 0.05) is 5.69 Å². The van der Waals surface area contributed by atoms with E-state index in [1.165, 1.54) is 18.2 Å². The van der Waals surface area contributed by atoms with Crippen molar-refractivity contribution in [2.45, 2.75) is 26.7 Å². The van der Waals surface area contributed by atoms with Crippen molar-refractivity contribution < 1.29 is 14.0 Å². The Morgan fingerprint density at radius 3 is 2.17 bits per heavy atom. The van der Waals surface area contributed by atoms with E-state index in [0.29, 0.717) is 0 Å². The molecule has 0 aliphatic heterocycles. The summed E-state index contributed by atoms with van der Waals surface area (Å²) in [5, 5.41) is 5.30. The minimum absolute atomic E-state index is 0.0755. The molecule has 0 aromatic heterocycles. The fraction of sp³-hybridized carbons (Fsp3) is 0.263. The Labute approximate surface area is 141 Å². The van der Waals surface area contributed by atoms with Crippen LogP contribution in [-0.4, -0.2) is 18.4 Å². The van der Waals surface area contributed by atoms with Gasteiger partial charge in [-0.25, -0.2) is 4.39 Å². The first-order chi connectivity index (χ1) is 11.6. The van der Waals surface area contributed by atoms with Gasteiger partial charge in [-0.15, -0.1) is 0 Å². The summed E-state index contributed by atoms with van der Waals surface area (Å²) < 4.78 is 13.5. The third-order valence-electron chi connectivity index (χ3n) is 3.79. The van der Waals surface area contributed by atoms with Crippen LogP contribution >= 0.6 is 0 Å². The molecule has 24 heavy (non-hydrogen) atoms. The minimum atomic E-state index is -0.611. The second kappa shape index (κ2) is 8.24. The zero-order valence-corrected chi connectivity index (χ0v) is 13.9. The average molecular weight is 328 g/mol. The Hall–Kier alpha value is -2.69. The van der Waals surface area contributed by atoms with Crippen LogP contribution in [0, 0.1) is 5.82 Å². The summed E-state index contributed by atoms with van der Waals surface area (Å²) in [4.78, 5) is 24.1. The number of rotatable bonds is 6. The lowest BCUT2D eigenvalue weighted by Gasteiger charge is -2.14. The van der Waals surface area contributed by atoms with Crippen LogP contribution in [0.3, 0.4) is 0 Å². The maximum absolute atomic E-state index is 13.5. The number of hydrogen-bond donors (Lipinski definition) is 2. The zero-order valence-electron chi connectivity index (χ0n) is 13.9. The van der Waals surface area contributed by atoms with E-state index >= 15 is 0 Å². The SMILES string of the molecule is CCc1cccc(CC)c1NC(=O)CNC(=O)c1ccccc1F. The van der Waals surface area contributed by atoms with E-state index in [1.807, 2.05) is 32.0 Å². The van der Waals surface area contributed by atoms with E-state index in [0.717, 1.165) is 29.7 Å². The Morgan fingerprint density at radius 2 is 1.58 bits per heavy atom.